The minimum Gasteiger partial charge on any atom is -0.496 e. The SMILES string of the molecule is CC#Cc1cc(OC)c(C2C(=O)N3CCCN3C2=O)c(OC)c1. The van der Waals surface area contributed by atoms with E-state index >= 15 is 0 Å². The third-order valence-corrected chi connectivity index (χ3v) is 4.14. The van der Waals surface area contributed by atoms with Crippen molar-refractivity contribution in [1.29, 1.82) is 0 Å². The fraction of sp³-hybridized carbons (Fsp3) is 0.412. The van der Waals surface area contributed by atoms with Crippen LogP contribution >= 0.6 is 0 Å². The van der Waals surface area contributed by atoms with Gasteiger partial charge in [-0.05, 0) is 25.5 Å². The molecule has 1 aromatic rings. The van der Waals surface area contributed by atoms with Gasteiger partial charge in [0.15, 0.2) is 5.92 Å². The Morgan fingerprint density at radius 1 is 1.04 bits per heavy atom. The summed E-state index contributed by atoms with van der Waals surface area (Å²) in [7, 11) is 3.01. The second kappa shape index (κ2) is 5.84. The molecule has 0 N–H and O–H groups in total. The third kappa shape index (κ3) is 2.29. The molecule has 6 heteroatoms. The third-order valence-electron chi connectivity index (χ3n) is 4.14. The van der Waals surface area contributed by atoms with Gasteiger partial charge in [-0.25, -0.2) is 0 Å². The first-order valence-corrected chi connectivity index (χ1v) is 7.43. The summed E-state index contributed by atoms with van der Waals surface area (Å²) in [6.45, 7) is 2.88. The molecular weight excluding hydrogens is 296 g/mol. The largest absolute Gasteiger partial charge is 0.496 e. The van der Waals surface area contributed by atoms with E-state index in [1.165, 1.54) is 24.2 Å². The summed E-state index contributed by atoms with van der Waals surface area (Å²) >= 11 is 0. The Morgan fingerprint density at radius 3 is 2.00 bits per heavy atom. The molecule has 3 rings (SSSR count). The molecule has 0 aromatic heterocycles. The fourth-order valence-corrected chi connectivity index (χ4v) is 3.16. The Hall–Kier alpha value is -2.68. The normalized spacial score (nSPS) is 17.2. The second-order valence-electron chi connectivity index (χ2n) is 5.38. The number of amides is 2. The second-order valence-corrected chi connectivity index (χ2v) is 5.38. The molecule has 2 heterocycles. The van der Waals surface area contributed by atoms with Crippen LogP contribution in [0.5, 0.6) is 11.5 Å². The minimum absolute atomic E-state index is 0.224. The van der Waals surface area contributed by atoms with Crippen molar-refractivity contribution in [2.24, 2.45) is 0 Å². The molecule has 2 saturated heterocycles. The first kappa shape index (κ1) is 15.2. The van der Waals surface area contributed by atoms with Gasteiger partial charge in [-0.15, -0.1) is 5.92 Å². The lowest BCUT2D eigenvalue weighted by molar-refractivity contribution is -0.141. The summed E-state index contributed by atoms with van der Waals surface area (Å²) in [5.41, 5.74) is 1.18. The van der Waals surface area contributed by atoms with Gasteiger partial charge in [0.2, 0.25) is 0 Å². The van der Waals surface area contributed by atoms with Crippen molar-refractivity contribution in [3.05, 3.63) is 23.3 Å². The summed E-state index contributed by atoms with van der Waals surface area (Å²) in [6.07, 6.45) is 0.809. The molecule has 2 amide bonds. The van der Waals surface area contributed by atoms with E-state index in [-0.39, 0.29) is 11.8 Å². The molecule has 2 aliphatic heterocycles. The van der Waals surface area contributed by atoms with Crippen LogP contribution in [0.3, 0.4) is 0 Å². The Kier molecular flexibility index (Phi) is 3.87. The van der Waals surface area contributed by atoms with Crippen molar-refractivity contribution in [1.82, 2.24) is 10.0 Å². The fourth-order valence-electron chi connectivity index (χ4n) is 3.16. The van der Waals surface area contributed by atoms with Crippen LogP contribution in [0.4, 0.5) is 0 Å². The highest BCUT2D eigenvalue weighted by molar-refractivity contribution is 6.11. The quantitative estimate of drug-likeness (QED) is 0.620. The average molecular weight is 314 g/mol. The number of rotatable bonds is 3. The number of carbonyl (C=O) groups is 2. The Bertz CT molecular complexity index is 685. The van der Waals surface area contributed by atoms with Gasteiger partial charge < -0.3 is 9.47 Å². The number of fused-ring (bicyclic) bond motifs is 1. The number of hydrogen-bond acceptors (Lipinski definition) is 4. The molecule has 0 spiro atoms. The zero-order valence-corrected chi connectivity index (χ0v) is 13.4. The van der Waals surface area contributed by atoms with E-state index in [0.717, 1.165) is 6.42 Å². The summed E-state index contributed by atoms with van der Waals surface area (Å²) in [5, 5.41) is 3.04. The van der Waals surface area contributed by atoms with Crippen molar-refractivity contribution in [2.75, 3.05) is 27.3 Å². The van der Waals surface area contributed by atoms with Gasteiger partial charge in [0.25, 0.3) is 11.8 Å². The van der Waals surface area contributed by atoms with Crippen molar-refractivity contribution in [3.63, 3.8) is 0 Å². The van der Waals surface area contributed by atoms with Crippen LogP contribution in [0.1, 0.15) is 30.4 Å². The van der Waals surface area contributed by atoms with Crippen molar-refractivity contribution in [3.8, 4) is 23.3 Å². The van der Waals surface area contributed by atoms with E-state index in [9.17, 15) is 9.59 Å². The molecule has 1 aromatic carbocycles. The number of ether oxygens (including phenoxy) is 2. The van der Waals surface area contributed by atoms with Gasteiger partial charge in [0.05, 0.1) is 19.8 Å². The van der Waals surface area contributed by atoms with E-state index < -0.39 is 5.92 Å². The van der Waals surface area contributed by atoms with Gasteiger partial charge in [0, 0.05) is 18.7 Å². The highest BCUT2D eigenvalue weighted by Gasteiger charge is 2.50. The number of hydrogen-bond donors (Lipinski definition) is 0. The van der Waals surface area contributed by atoms with Gasteiger partial charge in [-0.2, -0.15) is 0 Å². The molecule has 0 radical (unpaired) electrons. The Labute approximate surface area is 134 Å². The molecule has 0 aliphatic carbocycles. The highest BCUT2D eigenvalue weighted by atomic mass is 16.5. The van der Waals surface area contributed by atoms with Crippen LogP contribution in [0.15, 0.2) is 12.1 Å². The van der Waals surface area contributed by atoms with Gasteiger partial charge in [-0.1, -0.05) is 5.92 Å². The number of hydrazine groups is 1. The van der Waals surface area contributed by atoms with Gasteiger partial charge >= 0.3 is 0 Å². The Morgan fingerprint density at radius 2 is 1.57 bits per heavy atom. The molecule has 0 atom stereocenters. The zero-order valence-electron chi connectivity index (χ0n) is 13.4. The maximum absolute atomic E-state index is 12.7. The predicted molar refractivity (Wildman–Crippen MR) is 82.9 cm³/mol. The van der Waals surface area contributed by atoms with Crippen molar-refractivity contribution in [2.45, 2.75) is 19.3 Å². The molecule has 0 bridgehead atoms. The van der Waals surface area contributed by atoms with Gasteiger partial charge in [0.1, 0.15) is 11.5 Å². The molecular formula is C17H18N2O4. The smallest absolute Gasteiger partial charge is 0.258 e. The maximum Gasteiger partial charge on any atom is 0.258 e. The number of methoxy groups -OCH3 is 2. The number of nitrogens with zero attached hydrogens (tertiary/aromatic N) is 2. The molecule has 0 unspecified atom stereocenters. The van der Waals surface area contributed by atoms with Crippen LogP contribution in [0.2, 0.25) is 0 Å². The zero-order chi connectivity index (χ0) is 16.6. The van der Waals surface area contributed by atoms with E-state index in [0.29, 0.717) is 35.7 Å². The number of benzene rings is 1. The van der Waals surface area contributed by atoms with E-state index in [4.69, 9.17) is 9.47 Å². The van der Waals surface area contributed by atoms with Crippen molar-refractivity contribution < 1.29 is 19.1 Å². The van der Waals surface area contributed by atoms with E-state index in [1.54, 1.807) is 19.1 Å². The van der Waals surface area contributed by atoms with Crippen LogP contribution in [0.25, 0.3) is 0 Å². The minimum atomic E-state index is -0.913. The average Bonchev–Trinajstić information content (AvgIpc) is 3.12. The predicted octanol–water partition coefficient (Wildman–Crippen LogP) is 1.15. The first-order valence-electron chi connectivity index (χ1n) is 7.43. The van der Waals surface area contributed by atoms with E-state index in [2.05, 4.69) is 11.8 Å². The van der Waals surface area contributed by atoms with Crippen LogP contribution in [-0.4, -0.2) is 49.1 Å². The summed E-state index contributed by atoms with van der Waals surface area (Å²) < 4.78 is 10.8. The Balaban J connectivity index is 2.13. The molecule has 120 valence electrons. The molecule has 0 saturated carbocycles. The standard InChI is InChI=1S/C17H18N2O4/c1-4-6-11-9-12(22-2)14(13(10-11)23-3)15-16(20)18-7-5-8-19(18)17(15)21/h9-10,15H,5,7-8H2,1-3H3. The highest BCUT2D eigenvalue weighted by Crippen LogP contribution is 2.42. The molecule has 6 nitrogen and oxygen atoms in total. The monoisotopic (exact) mass is 314 g/mol. The maximum atomic E-state index is 12.7. The first-order chi connectivity index (χ1) is 11.1. The lowest BCUT2D eigenvalue weighted by atomic mass is 9.94. The summed E-state index contributed by atoms with van der Waals surface area (Å²) in [4.78, 5) is 25.3. The van der Waals surface area contributed by atoms with Crippen LogP contribution in [-0.2, 0) is 9.59 Å². The molecule has 23 heavy (non-hydrogen) atoms. The lowest BCUT2D eigenvalue weighted by Crippen LogP contribution is -2.33. The molecule has 2 fully saturated rings. The van der Waals surface area contributed by atoms with Crippen molar-refractivity contribution >= 4 is 11.8 Å². The summed E-state index contributed by atoms with van der Waals surface area (Å²) in [5.74, 6) is 5.27. The van der Waals surface area contributed by atoms with Gasteiger partial charge in [-0.3, -0.25) is 19.6 Å². The topological polar surface area (TPSA) is 59.1 Å². The van der Waals surface area contributed by atoms with Crippen LogP contribution < -0.4 is 9.47 Å². The van der Waals surface area contributed by atoms with Crippen LogP contribution in [0, 0.1) is 11.8 Å². The number of carbonyl (C=O) groups excluding carboxylic acids is 2. The lowest BCUT2D eigenvalue weighted by Gasteiger charge is -2.17. The van der Waals surface area contributed by atoms with E-state index in [1.807, 2.05) is 0 Å². The molecule has 2 aliphatic rings. The summed E-state index contributed by atoms with van der Waals surface area (Å²) in [6, 6.07) is 3.46.